The number of carbonyl (C=O) groups excluding carboxylic acids is 1. The van der Waals surface area contributed by atoms with Crippen LogP contribution in [0.2, 0.25) is 0 Å². The highest BCUT2D eigenvalue weighted by molar-refractivity contribution is 5.91. The van der Waals surface area contributed by atoms with E-state index in [0.29, 0.717) is 41.9 Å². The quantitative estimate of drug-likeness (QED) is 0.706. The maximum atomic E-state index is 12.3. The number of aryl methyl sites for hydroxylation is 1. The third kappa shape index (κ3) is 4.17. The predicted octanol–water partition coefficient (Wildman–Crippen LogP) is 4.01. The minimum absolute atomic E-state index is 0.0266. The fraction of sp³-hybridized carbons (Fsp3) is 0.286. The lowest BCUT2D eigenvalue weighted by atomic mass is 10.0. The Kier molecular flexibility index (Phi) is 5.46. The van der Waals surface area contributed by atoms with Gasteiger partial charge < -0.3 is 10.3 Å². The van der Waals surface area contributed by atoms with Gasteiger partial charge >= 0.3 is 0 Å². The van der Waals surface area contributed by atoms with Crippen molar-refractivity contribution >= 4 is 22.5 Å². The highest BCUT2D eigenvalue weighted by Crippen LogP contribution is 2.23. The molecule has 5 heteroatoms. The number of anilines is 1. The number of aromatic nitrogens is 2. The summed E-state index contributed by atoms with van der Waals surface area (Å²) in [5, 5.41) is 3.57. The zero-order chi connectivity index (χ0) is 18.5. The van der Waals surface area contributed by atoms with Crippen molar-refractivity contribution in [2.75, 3.05) is 5.32 Å². The second-order valence-corrected chi connectivity index (χ2v) is 6.67. The molecule has 2 aromatic carbocycles. The number of amides is 1. The number of H-pyrrole nitrogens is 1. The molecule has 1 heterocycles. The number of benzene rings is 2. The molecule has 1 amide bonds. The molecule has 2 N–H and O–H groups in total. The zero-order valence-electron chi connectivity index (χ0n) is 15.1. The Hall–Kier alpha value is -2.95. The highest BCUT2D eigenvalue weighted by Gasteiger charge is 2.10. The first-order chi connectivity index (χ1) is 12.5. The highest BCUT2D eigenvalue weighted by atomic mass is 16.1. The number of hydrogen-bond donors (Lipinski definition) is 2. The summed E-state index contributed by atoms with van der Waals surface area (Å²) < 4.78 is 0. The van der Waals surface area contributed by atoms with Crippen LogP contribution in [0.25, 0.3) is 10.9 Å². The molecule has 3 aromatic rings. The van der Waals surface area contributed by atoms with E-state index in [9.17, 15) is 9.59 Å². The topological polar surface area (TPSA) is 74.8 Å². The third-order valence-corrected chi connectivity index (χ3v) is 4.34. The molecule has 3 rings (SSSR count). The normalized spacial score (nSPS) is 11.0. The first-order valence-corrected chi connectivity index (χ1v) is 8.91. The SMILES string of the molecule is CC(C)c1ccccc1NC(=O)CCCc1nc2ccccc2c(=O)[nH]1. The van der Waals surface area contributed by atoms with Crippen LogP contribution in [0.4, 0.5) is 5.69 Å². The van der Waals surface area contributed by atoms with Gasteiger partial charge in [0.05, 0.1) is 10.9 Å². The molecule has 0 spiro atoms. The van der Waals surface area contributed by atoms with Gasteiger partial charge in [0.1, 0.15) is 5.82 Å². The number of hydrogen-bond acceptors (Lipinski definition) is 3. The van der Waals surface area contributed by atoms with Crippen LogP contribution < -0.4 is 10.9 Å². The summed E-state index contributed by atoms with van der Waals surface area (Å²) >= 11 is 0. The van der Waals surface area contributed by atoms with Gasteiger partial charge in [-0.05, 0) is 36.1 Å². The van der Waals surface area contributed by atoms with Gasteiger partial charge in [0, 0.05) is 18.5 Å². The van der Waals surface area contributed by atoms with E-state index in [4.69, 9.17) is 0 Å². The molecular formula is C21H23N3O2. The number of aromatic amines is 1. The summed E-state index contributed by atoms with van der Waals surface area (Å²) in [7, 11) is 0. The molecule has 0 atom stereocenters. The van der Waals surface area contributed by atoms with Crippen molar-refractivity contribution in [1.29, 1.82) is 0 Å². The van der Waals surface area contributed by atoms with Gasteiger partial charge in [0.15, 0.2) is 0 Å². The fourth-order valence-electron chi connectivity index (χ4n) is 3.00. The van der Waals surface area contributed by atoms with Crippen molar-refractivity contribution in [3.05, 3.63) is 70.3 Å². The van der Waals surface area contributed by atoms with Crippen LogP contribution in [0, 0.1) is 0 Å². The summed E-state index contributed by atoms with van der Waals surface area (Å²) in [6.45, 7) is 4.21. The van der Waals surface area contributed by atoms with E-state index in [1.165, 1.54) is 0 Å². The molecule has 0 aliphatic carbocycles. The minimum Gasteiger partial charge on any atom is -0.326 e. The van der Waals surface area contributed by atoms with E-state index in [1.807, 2.05) is 42.5 Å². The van der Waals surface area contributed by atoms with Crippen molar-refractivity contribution in [1.82, 2.24) is 9.97 Å². The van der Waals surface area contributed by atoms with Gasteiger partial charge in [0.25, 0.3) is 5.56 Å². The van der Waals surface area contributed by atoms with Gasteiger partial charge in [-0.25, -0.2) is 4.98 Å². The van der Waals surface area contributed by atoms with Gasteiger partial charge in [-0.2, -0.15) is 0 Å². The van der Waals surface area contributed by atoms with Gasteiger partial charge in [-0.3, -0.25) is 9.59 Å². The van der Waals surface area contributed by atoms with E-state index >= 15 is 0 Å². The average Bonchev–Trinajstić information content (AvgIpc) is 2.62. The van der Waals surface area contributed by atoms with Crippen LogP contribution in [0.5, 0.6) is 0 Å². The summed E-state index contributed by atoms with van der Waals surface area (Å²) in [5.74, 6) is 0.934. The molecule has 0 fully saturated rings. The average molecular weight is 349 g/mol. The van der Waals surface area contributed by atoms with Gasteiger partial charge in [-0.15, -0.1) is 0 Å². The Morgan fingerprint density at radius 2 is 1.85 bits per heavy atom. The summed E-state index contributed by atoms with van der Waals surface area (Å²) in [4.78, 5) is 31.6. The Morgan fingerprint density at radius 1 is 1.12 bits per heavy atom. The van der Waals surface area contributed by atoms with Crippen LogP contribution in [0.1, 0.15) is 44.0 Å². The van der Waals surface area contributed by atoms with Crippen LogP contribution in [0.3, 0.4) is 0 Å². The van der Waals surface area contributed by atoms with Crippen molar-refractivity contribution < 1.29 is 4.79 Å². The van der Waals surface area contributed by atoms with E-state index in [2.05, 4.69) is 29.1 Å². The molecule has 26 heavy (non-hydrogen) atoms. The summed E-state index contributed by atoms with van der Waals surface area (Å²) in [6.07, 6.45) is 1.55. The van der Waals surface area contributed by atoms with E-state index < -0.39 is 0 Å². The van der Waals surface area contributed by atoms with Crippen molar-refractivity contribution in [2.45, 2.75) is 39.0 Å². The number of nitrogens with zero attached hydrogens (tertiary/aromatic N) is 1. The molecule has 0 aliphatic heterocycles. The molecule has 5 nitrogen and oxygen atoms in total. The Labute approximate surface area is 152 Å². The monoisotopic (exact) mass is 349 g/mol. The van der Waals surface area contributed by atoms with E-state index in [-0.39, 0.29) is 11.5 Å². The predicted molar refractivity (Wildman–Crippen MR) is 104 cm³/mol. The number of fused-ring (bicyclic) bond motifs is 1. The molecular weight excluding hydrogens is 326 g/mol. The van der Waals surface area contributed by atoms with Crippen LogP contribution in [0.15, 0.2) is 53.3 Å². The van der Waals surface area contributed by atoms with Crippen molar-refractivity contribution in [2.24, 2.45) is 0 Å². The van der Waals surface area contributed by atoms with Crippen LogP contribution in [-0.4, -0.2) is 15.9 Å². The Morgan fingerprint density at radius 3 is 2.65 bits per heavy atom. The fourth-order valence-corrected chi connectivity index (χ4v) is 3.00. The zero-order valence-corrected chi connectivity index (χ0v) is 15.1. The van der Waals surface area contributed by atoms with Gasteiger partial charge in [0.2, 0.25) is 5.91 Å². The first kappa shape index (κ1) is 17.9. The maximum absolute atomic E-state index is 12.3. The summed E-state index contributed by atoms with van der Waals surface area (Å²) in [5.41, 5.74) is 2.54. The smallest absolute Gasteiger partial charge is 0.258 e. The molecule has 0 unspecified atom stereocenters. The lowest BCUT2D eigenvalue weighted by Crippen LogP contribution is -2.15. The third-order valence-electron chi connectivity index (χ3n) is 4.34. The molecule has 0 aliphatic rings. The summed E-state index contributed by atoms with van der Waals surface area (Å²) in [6, 6.07) is 15.1. The lowest BCUT2D eigenvalue weighted by molar-refractivity contribution is -0.116. The molecule has 0 saturated heterocycles. The minimum atomic E-state index is -0.138. The Bertz CT molecular complexity index is 976. The molecule has 0 radical (unpaired) electrons. The van der Waals surface area contributed by atoms with Crippen LogP contribution in [-0.2, 0) is 11.2 Å². The van der Waals surface area contributed by atoms with Gasteiger partial charge in [-0.1, -0.05) is 44.2 Å². The second kappa shape index (κ2) is 7.95. The molecule has 134 valence electrons. The number of nitrogens with one attached hydrogen (secondary N) is 2. The van der Waals surface area contributed by atoms with E-state index in [1.54, 1.807) is 6.07 Å². The molecule has 1 aromatic heterocycles. The maximum Gasteiger partial charge on any atom is 0.258 e. The number of rotatable bonds is 6. The van der Waals surface area contributed by atoms with Crippen LogP contribution >= 0.6 is 0 Å². The van der Waals surface area contributed by atoms with Crippen molar-refractivity contribution in [3.8, 4) is 0 Å². The second-order valence-electron chi connectivity index (χ2n) is 6.67. The largest absolute Gasteiger partial charge is 0.326 e. The molecule has 0 bridgehead atoms. The standard InChI is InChI=1S/C21H23N3O2/c1-14(2)15-8-3-5-10-17(15)23-20(25)13-7-12-19-22-18-11-6-4-9-16(18)21(26)24-19/h3-6,8-11,14H,7,12-13H2,1-2H3,(H,23,25)(H,22,24,26). The number of carbonyl (C=O) groups is 1. The molecule has 0 saturated carbocycles. The van der Waals surface area contributed by atoms with E-state index in [0.717, 1.165) is 11.3 Å². The number of para-hydroxylation sites is 2. The Balaban J connectivity index is 1.60. The lowest BCUT2D eigenvalue weighted by Gasteiger charge is -2.13. The van der Waals surface area contributed by atoms with Crippen molar-refractivity contribution in [3.63, 3.8) is 0 Å². The first-order valence-electron chi connectivity index (χ1n) is 8.91.